The van der Waals surface area contributed by atoms with Crippen LogP contribution in [0, 0.1) is 11.6 Å². The number of para-hydroxylation sites is 1. The Balaban J connectivity index is 1.37. The van der Waals surface area contributed by atoms with Crippen molar-refractivity contribution in [2.45, 2.75) is 12.2 Å². The molecule has 8 heteroatoms. The molecular formula is C20H25F2N3O2S. The van der Waals surface area contributed by atoms with E-state index < -0.39 is 15.8 Å². The molecule has 2 aromatic carbocycles. The SMILES string of the molecule is O=S(=O)(Cc1cccc(F)c1)NCCCN1CCN(c2ccccc2F)CC1. The fraction of sp³-hybridized carbons (Fsp3) is 0.400. The predicted molar refractivity (Wildman–Crippen MR) is 107 cm³/mol. The van der Waals surface area contributed by atoms with Gasteiger partial charge in [0.05, 0.1) is 11.4 Å². The third-order valence-electron chi connectivity index (χ3n) is 4.78. The molecule has 1 saturated heterocycles. The summed E-state index contributed by atoms with van der Waals surface area (Å²) in [6, 6.07) is 12.4. The summed E-state index contributed by atoms with van der Waals surface area (Å²) in [4.78, 5) is 4.28. The molecule has 0 amide bonds. The van der Waals surface area contributed by atoms with Crippen LogP contribution in [-0.4, -0.2) is 52.6 Å². The monoisotopic (exact) mass is 409 g/mol. The molecule has 0 atom stereocenters. The van der Waals surface area contributed by atoms with Gasteiger partial charge >= 0.3 is 0 Å². The van der Waals surface area contributed by atoms with Gasteiger partial charge in [-0.3, -0.25) is 4.90 Å². The number of hydrogen-bond acceptors (Lipinski definition) is 4. The summed E-state index contributed by atoms with van der Waals surface area (Å²) in [5, 5.41) is 0. The van der Waals surface area contributed by atoms with Crippen LogP contribution in [0.3, 0.4) is 0 Å². The molecule has 1 heterocycles. The number of halogens is 2. The lowest BCUT2D eigenvalue weighted by Crippen LogP contribution is -2.47. The van der Waals surface area contributed by atoms with Crippen LogP contribution in [0.15, 0.2) is 48.5 Å². The van der Waals surface area contributed by atoms with Crippen LogP contribution in [0.25, 0.3) is 0 Å². The molecule has 0 saturated carbocycles. The van der Waals surface area contributed by atoms with Crippen LogP contribution in [0.4, 0.5) is 14.5 Å². The van der Waals surface area contributed by atoms with Gasteiger partial charge in [0, 0.05) is 32.7 Å². The first kappa shape index (κ1) is 20.7. The van der Waals surface area contributed by atoms with Gasteiger partial charge in [-0.1, -0.05) is 24.3 Å². The summed E-state index contributed by atoms with van der Waals surface area (Å²) in [7, 11) is -3.49. The number of nitrogens with zero attached hydrogens (tertiary/aromatic N) is 2. The summed E-state index contributed by atoms with van der Waals surface area (Å²) < 4.78 is 53.8. The van der Waals surface area contributed by atoms with Gasteiger partial charge in [-0.05, 0) is 42.8 Å². The third-order valence-corrected chi connectivity index (χ3v) is 6.14. The highest BCUT2D eigenvalue weighted by Gasteiger charge is 2.19. The Kier molecular flexibility index (Phi) is 6.98. The van der Waals surface area contributed by atoms with E-state index in [1.807, 2.05) is 11.0 Å². The number of hydrogen-bond donors (Lipinski definition) is 1. The lowest BCUT2D eigenvalue weighted by atomic mass is 10.2. The lowest BCUT2D eigenvalue weighted by Gasteiger charge is -2.36. The quantitative estimate of drug-likeness (QED) is 0.681. The predicted octanol–water partition coefficient (Wildman–Crippen LogP) is 2.60. The van der Waals surface area contributed by atoms with Crippen molar-refractivity contribution in [3.8, 4) is 0 Å². The molecule has 1 aliphatic rings. The molecule has 1 aliphatic heterocycles. The lowest BCUT2D eigenvalue weighted by molar-refractivity contribution is 0.255. The summed E-state index contributed by atoms with van der Waals surface area (Å²) >= 11 is 0. The van der Waals surface area contributed by atoms with Crippen molar-refractivity contribution in [1.82, 2.24) is 9.62 Å². The molecular weight excluding hydrogens is 384 g/mol. The van der Waals surface area contributed by atoms with Gasteiger partial charge in [0.25, 0.3) is 0 Å². The van der Waals surface area contributed by atoms with E-state index in [1.165, 1.54) is 24.3 Å². The van der Waals surface area contributed by atoms with E-state index in [2.05, 4.69) is 9.62 Å². The zero-order chi connectivity index (χ0) is 20.0. The average molecular weight is 410 g/mol. The zero-order valence-corrected chi connectivity index (χ0v) is 16.5. The Bertz CT molecular complexity index is 885. The van der Waals surface area contributed by atoms with Crippen LogP contribution in [0.5, 0.6) is 0 Å². The Hall–Kier alpha value is -2.03. The minimum absolute atomic E-state index is 0.205. The van der Waals surface area contributed by atoms with E-state index in [0.717, 1.165) is 32.7 Å². The molecule has 2 aromatic rings. The number of rotatable bonds is 8. The van der Waals surface area contributed by atoms with E-state index in [-0.39, 0.29) is 11.6 Å². The summed E-state index contributed by atoms with van der Waals surface area (Å²) in [5.74, 6) is -0.877. The van der Waals surface area contributed by atoms with Crippen molar-refractivity contribution in [2.75, 3.05) is 44.2 Å². The second kappa shape index (κ2) is 9.45. The Morgan fingerprint density at radius 2 is 1.71 bits per heavy atom. The summed E-state index contributed by atoms with van der Waals surface area (Å²) in [6.07, 6.45) is 0.683. The zero-order valence-electron chi connectivity index (χ0n) is 15.7. The minimum Gasteiger partial charge on any atom is -0.367 e. The molecule has 0 radical (unpaired) electrons. The highest BCUT2D eigenvalue weighted by atomic mass is 32.2. The second-order valence-corrected chi connectivity index (χ2v) is 8.72. The Morgan fingerprint density at radius 3 is 2.43 bits per heavy atom. The van der Waals surface area contributed by atoms with Crippen LogP contribution >= 0.6 is 0 Å². The molecule has 1 fully saturated rings. The molecule has 5 nitrogen and oxygen atoms in total. The van der Waals surface area contributed by atoms with Crippen LogP contribution < -0.4 is 9.62 Å². The maximum Gasteiger partial charge on any atom is 0.215 e. The van der Waals surface area contributed by atoms with E-state index in [0.29, 0.717) is 24.2 Å². The highest BCUT2D eigenvalue weighted by Crippen LogP contribution is 2.20. The van der Waals surface area contributed by atoms with Crippen molar-refractivity contribution in [3.05, 3.63) is 65.7 Å². The van der Waals surface area contributed by atoms with Gasteiger partial charge in [0.1, 0.15) is 11.6 Å². The first-order valence-corrected chi connectivity index (χ1v) is 11.0. The smallest absolute Gasteiger partial charge is 0.215 e. The van der Waals surface area contributed by atoms with E-state index in [1.54, 1.807) is 18.2 Å². The van der Waals surface area contributed by atoms with Crippen LogP contribution in [0.1, 0.15) is 12.0 Å². The number of nitrogens with one attached hydrogen (secondary N) is 1. The van der Waals surface area contributed by atoms with Gasteiger partial charge < -0.3 is 4.90 Å². The summed E-state index contributed by atoms with van der Waals surface area (Å²) in [5.41, 5.74) is 1.06. The molecule has 3 rings (SSSR count). The minimum atomic E-state index is -3.49. The van der Waals surface area contributed by atoms with Crippen molar-refractivity contribution < 1.29 is 17.2 Å². The van der Waals surface area contributed by atoms with Gasteiger partial charge in [-0.15, -0.1) is 0 Å². The van der Waals surface area contributed by atoms with E-state index in [9.17, 15) is 17.2 Å². The summed E-state index contributed by atoms with van der Waals surface area (Å²) in [6.45, 7) is 4.21. The Morgan fingerprint density at radius 1 is 0.964 bits per heavy atom. The number of benzene rings is 2. The molecule has 152 valence electrons. The van der Waals surface area contributed by atoms with Gasteiger partial charge in [-0.25, -0.2) is 21.9 Å². The first-order chi connectivity index (χ1) is 13.4. The topological polar surface area (TPSA) is 52.7 Å². The van der Waals surface area contributed by atoms with Crippen molar-refractivity contribution in [3.63, 3.8) is 0 Å². The maximum absolute atomic E-state index is 13.9. The molecule has 28 heavy (non-hydrogen) atoms. The molecule has 0 aromatic heterocycles. The Labute approximate surface area is 165 Å². The van der Waals surface area contributed by atoms with Crippen molar-refractivity contribution in [1.29, 1.82) is 0 Å². The van der Waals surface area contributed by atoms with Gasteiger partial charge in [0.2, 0.25) is 10.0 Å². The normalized spacial score (nSPS) is 15.7. The molecule has 0 unspecified atom stereocenters. The van der Waals surface area contributed by atoms with E-state index >= 15 is 0 Å². The average Bonchev–Trinajstić information content (AvgIpc) is 2.66. The molecule has 0 spiro atoms. The fourth-order valence-corrected chi connectivity index (χ4v) is 4.52. The van der Waals surface area contributed by atoms with Crippen LogP contribution in [0.2, 0.25) is 0 Å². The number of sulfonamides is 1. The van der Waals surface area contributed by atoms with E-state index in [4.69, 9.17) is 0 Å². The number of anilines is 1. The number of piperazine rings is 1. The fourth-order valence-electron chi connectivity index (χ4n) is 3.35. The third kappa shape index (κ3) is 5.98. The molecule has 1 N–H and O–H groups in total. The van der Waals surface area contributed by atoms with Gasteiger partial charge in [-0.2, -0.15) is 0 Å². The second-order valence-electron chi connectivity index (χ2n) is 6.92. The highest BCUT2D eigenvalue weighted by molar-refractivity contribution is 7.88. The van der Waals surface area contributed by atoms with Crippen molar-refractivity contribution in [2.24, 2.45) is 0 Å². The largest absolute Gasteiger partial charge is 0.367 e. The van der Waals surface area contributed by atoms with Crippen molar-refractivity contribution >= 4 is 15.7 Å². The maximum atomic E-state index is 13.9. The molecule has 0 bridgehead atoms. The molecule has 0 aliphatic carbocycles. The van der Waals surface area contributed by atoms with Crippen LogP contribution in [-0.2, 0) is 15.8 Å². The van der Waals surface area contributed by atoms with Gasteiger partial charge in [0.15, 0.2) is 0 Å². The standard InChI is InChI=1S/C20H25F2N3O2S/c21-18-6-3-5-17(15-18)16-28(26,27)23-9-4-10-24-11-13-25(14-12-24)20-8-2-1-7-19(20)22/h1-3,5-8,15,23H,4,9-14,16H2. The first-order valence-electron chi connectivity index (χ1n) is 9.36.